The summed E-state index contributed by atoms with van der Waals surface area (Å²) in [5, 5.41) is 16.8. The van der Waals surface area contributed by atoms with Gasteiger partial charge >= 0.3 is 0 Å². The molecule has 0 heterocycles. The van der Waals surface area contributed by atoms with Crippen molar-refractivity contribution in [2.24, 2.45) is 4.99 Å². The fourth-order valence-corrected chi connectivity index (χ4v) is 3.17. The van der Waals surface area contributed by atoms with Gasteiger partial charge < -0.3 is 25.2 Å². The van der Waals surface area contributed by atoms with Crippen LogP contribution in [0.5, 0.6) is 11.5 Å². The van der Waals surface area contributed by atoms with Crippen LogP contribution in [0.4, 0.5) is 0 Å². The third-order valence-corrected chi connectivity index (χ3v) is 4.84. The van der Waals surface area contributed by atoms with Crippen molar-refractivity contribution >= 4 is 39.8 Å². The molecule has 0 aliphatic heterocycles. The fourth-order valence-electron chi connectivity index (χ4n) is 2.39. The number of aliphatic hydroxyl groups excluding tert-OH is 1. The predicted octanol–water partition coefficient (Wildman–Crippen LogP) is 1.73. The van der Waals surface area contributed by atoms with E-state index in [1.165, 1.54) is 13.4 Å². The molecule has 0 saturated carbocycles. The molecule has 0 aliphatic rings. The van der Waals surface area contributed by atoms with Crippen LogP contribution in [0.25, 0.3) is 0 Å². The predicted molar refractivity (Wildman–Crippen MR) is 123 cm³/mol. The SMILES string of the molecule is CCNC(=NCC(O)c1cc(OC)ccc1OC)NC(C)CCS(C)(=O)=O.I. The minimum absolute atomic E-state index is 0. The first kappa shape index (κ1) is 26.7. The van der Waals surface area contributed by atoms with Crippen molar-refractivity contribution in [3.8, 4) is 11.5 Å². The molecule has 0 bridgehead atoms. The molecule has 2 atom stereocenters. The third kappa shape index (κ3) is 9.78. The minimum atomic E-state index is -3.01. The Morgan fingerprint density at radius 1 is 1.29 bits per heavy atom. The van der Waals surface area contributed by atoms with E-state index in [1.54, 1.807) is 25.3 Å². The molecule has 0 aliphatic carbocycles. The number of halogens is 1. The number of rotatable bonds is 10. The molecule has 2 unspecified atom stereocenters. The van der Waals surface area contributed by atoms with Crippen LogP contribution in [0, 0.1) is 0 Å². The van der Waals surface area contributed by atoms with Gasteiger partial charge in [-0.2, -0.15) is 0 Å². The first-order valence-electron chi connectivity index (χ1n) is 8.82. The highest BCUT2D eigenvalue weighted by atomic mass is 127. The van der Waals surface area contributed by atoms with Gasteiger partial charge in [0.1, 0.15) is 27.4 Å². The van der Waals surface area contributed by atoms with Crippen molar-refractivity contribution in [1.82, 2.24) is 10.6 Å². The van der Waals surface area contributed by atoms with Crippen molar-refractivity contribution in [3.05, 3.63) is 23.8 Å². The summed E-state index contributed by atoms with van der Waals surface area (Å²) in [5.41, 5.74) is 0.585. The van der Waals surface area contributed by atoms with E-state index < -0.39 is 15.9 Å². The second kappa shape index (κ2) is 13.0. The molecule has 1 aromatic carbocycles. The lowest BCUT2D eigenvalue weighted by atomic mass is 10.1. The van der Waals surface area contributed by atoms with Crippen LogP contribution in [0.3, 0.4) is 0 Å². The number of benzene rings is 1. The van der Waals surface area contributed by atoms with E-state index in [-0.39, 0.29) is 42.3 Å². The zero-order chi connectivity index (χ0) is 20.4. The molecule has 1 rings (SSSR count). The lowest BCUT2D eigenvalue weighted by molar-refractivity contribution is 0.182. The van der Waals surface area contributed by atoms with Gasteiger partial charge in [-0.1, -0.05) is 0 Å². The van der Waals surface area contributed by atoms with Crippen LogP contribution in [-0.4, -0.2) is 64.8 Å². The Kier molecular flexibility index (Phi) is 12.5. The van der Waals surface area contributed by atoms with Crippen LogP contribution in [-0.2, 0) is 9.84 Å². The monoisotopic (exact) mass is 529 g/mol. The molecule has 8 nitrogen and oxygen atoms in total. The average molecular weight is 529 g/mol. The highest BCUT2D eigenvalue weighted by Crippen LogP contribution is 2.29. The Balaban J connectivity index is 0.00000729. The molecule has 0 aromatic heterocycles. The van der Waals surface area contributed by atoms with Gasteiger partial charge in [0.05, 0.1) is 26.5 Å². The molecule has 0 amide bonds. The molecule has 162 valence electrons. The number of ether oxygens (including phenoxy) is 2. The van der Waals surface area contributed by atoms with Crippen molar-refractivity contribution in [2.75, 3.05) is 39.3 Å². The van der Waals surface area contributed by atoms with Crippen LogP contribution in [0.15, 0.2) is 23.2 Å². The highest BCUT2D eigenvalue weighted by Gasteiger charge is 2.15. The number of nitrogens with zero attached hydrogens (tertiary/aromatic N) is 1. The summed E-state index contributed by atoms with van der Waals surface area (Å²) in [6.07, 6.45) is 0.809. The van der Waals surface area contributed by atoms with Crippen LogP contribution in [0.1, 0.15) is 31.9 Å². The van der Waals surface area contributed by atoms with Crippen molar-refractivity contribution in [2.45, 2.75) is 32.4 Å². The van der Waals surface area contributed by atoms with E-state index >= 15 is 0 Å². The van der Waals surface area contributed by atoms with E-state index in [9.17, 15) is 13.5 Å². The van der Waals surface area contributed by atoms with E-state index in [1.807, 2.05) is 13.8 Å². The van der Waals surface area contributed by atoms with Gasteiger partial charge in [0.15, 0.2) is 5.96 Å². The Morgan fingerprint density at radius 2 is 1.96 bits per heavy atom. The number of hydrogen-bond donors (Lipinski definition) is 3. The molecule has 10 heteroatoms. The zero-order valence-electron chi connectivity index (χ0n) is 17.1. The Labute approximate surface area is 185 Å². The second-order valence-corrected chi connectivity index (χ2v) is 8.57. The standard InChI is InChI=1S/C18H31N3O5S.HI/c1-6-19-18(21-13(2)9-10-27(5,23)24)20-12-16(22)15-11-14(25-3)7-8-17(15)26-4;/h7-8,11,13,16,22H,6,9-10,12H2,1-5H3,(H2,19,20,21);1H. The molecule has 0 spiro atoms. The molecule has 0 saturated heterocycles. The van der Waals surface area contributed by atoms with Gasteiger partial charge in [-0.3, -0.25) is 4.99 Å². The average Bonchev–Trinajstić information content (AvgIpc) is 2.63. The molecule has 1 aromatic rings. The quantitative estimate of drug-likeness (QED) is 0.241. The van der Waals surface area contributed by atoms with E-state index in [0.29, 0.717) is 36.0 Å². The Morgan fingerprint density at radius 3 is 2.50 bits per heavy atom. The minimum Gasteiger partial charge on any atom is -0.497 e. The lowest BCUT2D eigenvalue weighted by Crippen LogP contribution is -2.43. The normalized spacial score (nSPS) is 13.9. The highest BCUT2D eigenvalue weighted by molar-refractivity contribution is 14.0. The number of hydrogen-bond acceptors (Lipinski definition) is 6. The topological polar surface area (TPSA) is 109 Å². The van der Waals surface area contributed by atoms with Crippen molar-refractivity contribution in [3.63, 3.8) is 0 Å². The summed E-state index contributed by atoms with van der Waals surface area (Å²) in [7, 11) is 0.0854. The number of methoxy groups -OCH3 is 2. The maximum atomic E-state index is 11.3. The van der Waals surface area contributed by atoms with Crippen LogP contribution < -0.4 is 20.1 Å². The summed E-state index contributed by atoms with van der Waals surface area (Å²) >= 11 is 0. The van der Waals surface area contributed by atoms with Gasteiger partial charge in [-0.05, 0) is 38.5 Å². The van der Waals surface area contributed by atoms with Gasteiger partial charge in [0.25, 0.3) is 0 Å². The molecule has 0 fully saturated rings. The number of nitrogens with one attached hydrogen (secondary N) is 2. The summed E-state index contributed by atoms with van der Waals surface area (Å²) in [6, 6.07) is 5.13. The summed E-state index contributed by atoms with van der Waals surface area (Å²) in [5.74, 6) is 1.79. The van der Waals surface area contributed by atoms with Gasteiger partial charge in [0, 0.05) is 24.4 Å². The second-order valence-electron chi connectivity index (χ2n) is 6.31. The van der Waals surface area contributed by atoms with Crippen molar-refractivity contribution < 1.29 is 23.0 Å². The van der Waals surface area contributed by atoms with Gasteiger partial charge in [0.2, 0.25) is 0 Å². The van der Waals surface area contributed by atoms with Crippen LogP contribution >= 0.6 is 24.0 Å². The van der Waals surface area contributed by atoms with E-state index in [0.717, 1.165) is 0 Å². The molecule has 3 N–H and O–H groups in total. The number of aliphatic imine (C=N–C) groups is 1. The number of sulfone groups is 1. The molecular weight excluding hydrogens is 497 g/mol. The fraction of sp³-hybridized carbons (Fsp3) is 0.611. The smallest absolute Gasteiger partial charge is 0.191 e. The third-order valence-electron chi connectivity index (χ3n) is 3.87. The first-order chi connectivity index (χ1) is 12.7. The van der Waals surface area contributed by atoms with E-state index in [4.69, 9.17) is 9.47 Å². The molecule has 28 heavy (non-hydrogen) atoms. The summed E-state index contributed by atoms with van der Waals surface area (Å²) in [6.45, 7) is 4.57. The van der Waals surface area contributed by atoms with Gasteiger partial charge in [-0.15, -0.1) is 24.0 Å². The maximum Gasteiger partial charge on any atom is 0.191 e. The van der Waals surface area contributed by atoms with Crippen LogP contribution in [0.2, 0.25) is 0 Å². The Bertz CT molecular complexity index is 728. The molecule has 0 radical (unpaired) electrons. The number of guanidine groups is 1. The van der Waals surface area contributed by atoms with E-state index in [2.05, 4.69) is 15.6 Å². The summed E-state index contributed by atoms with van der Waals surface area (Å²) in [4.78, 5) is 4.40. The lowest BCUT2D eigenvalue weighted by Gasteiger charge is -2.19. The van der Waals surface area contributed by atoms with Gasteiger partial charge in [-0.25, -0.2) is 8.42 Å². The largest absolute Gasteiger partial charge is 0.497 e. The van der Waals surface area contributed by atoms with Crippen molar-refractivity contribution in [1.29, 1.82) is 0 Å². The first-order valence-corrected chi connectivity index (χ1v) is 10.9. The Hall–Kier alpha value is -1.27. The molecular formula is C18H32IN3O5S. The maximum absolute atomic E-state index is 11.3. The zero-order valence-corrected chi connectivity index (χ0v) is 20.2. The number of aliphatic hydroxyl groups is 1. The summed E-state index contributed by atoms with van der Waals surface area (Å²) < 4.78 is 33.1.